The molecule has 0 spiro atoms. The lowest BCUT2D eigenvalue weighted by Crippen LogP contribution is -2.46. The number of benzene rings is 1. The number of likely N-dealkylation sites (tertiary alicyclic amines) is 1. The van der Waals surface area contributed by atoms with E-state index in [0.29, 0.717) is 0 Å². The van der Waals surface area contributed by atoms with E-state index < -0.39 is 10.0 Å². The van der Waals surface area contributed by atoms with Crippen molar-refractivity contribution in [1.29, 1.82) is 0 Å². The van der Waals surface area contributed by atoms with Crippen LogP contribution in [0.5, 0.6) is 0 Å². The predicted octanol–water partition coefficient (Wildman–Crippen LogP) is 1.50. The molecule has 0 radical (unpaired) electrons. The first-order valence-corrected chi connectivity index (χ1v) is 10.5. The largest absolute Gasteiger partial charge is 0.352 e. The highest BCUT2D eigenvalue weighted by Crippen LogP contribution is 2.16. The van der Waals surface area contributed by atoms with Gasteiger partial charge in [-0.25, -0.2) is 13.6 Å². The smallest absolute Gasteiger partial charge is 0.238 e. The Labute approximate surface area is 150 Å². The monoisotopic (exact) mass is 367 g/mol. The average Bonchev–Trinajstić information content (AvgIpc) is 2.56. The van der Waals surface area contributed by atoms with Crippen LogP contribution >= 0.6 is 0 Å². The fourth-order valence-corrected chi connectivity index (χ4v) is 3.61. The first-order chi connectivity index (χ1) is 11.8. The molecule has 1 aromatic rings. The SMILES string of the molecule is CC[C@H](CN1CCC(C)CC1)NC(=O)Cc1ccc(S(N)(=O)=O)cc1. The van der Waals surface area contributed by atoms with Gasteiger partial charge in [-0.05, 0) is 56.0 Å². The average molecular weight is 368 g/mol. The van der Waals surface area contributed by atoms with Crippen molar-refractivity contribution in [3.8, 4) is 0 Å². The van der Waals surface area contributed by atoms with Crippen molar-refractivity contribution in [2.24, 2.45) is 11.1 Å². The normalized spacial score (nSPS) is 18.0. The molecule has 0 unspecified atom stereocenters. The second kappa shape index (κ2) is 8.78. The molecule has 1 heterocycles. The minimum Gasteiger partial charge on any atom is -0.352 e. The summed E-state index contributed by atoms with van der Waals surface area (Å²) in [5.74, 6) is 0.756. The maximum absolute atomic E-state index is 12.3. The number of sulfonamides is 1. The Morgan fingerprint density at radius 3 is 2.40 bits per heavy atom. The van der Waals surface area contributed by atoms with E-state index in [0.717, 1.165) is 37.5 Å². The number of nitrogens with two attached hydrogens (primary N) is 1. The lowest BCUT2D eigenvalue weighted by atomic mass is 9.98. The summed E-state index contributed by atoms with van der Waals surface area (Å²) in [6.07, 6.45) is 3.57. The van der Waals surface area contributed by atoms with E-state index in [9.17, 15) is 13.2 Å². The van der Waals surface area contributed by atoms with Crippen LogP contribution < -0.4 is 10.5 Å². The fourth-order valence-electron chi connectivity index (χ4n) is 3.09. The number of rotatable bonds is 7. The van der Waals surface area contributed by atoms with E-state index in [-0.39, 0.29) is 23.3 Å². The molecule has 1 aliphatic rings. The summed E-state index contributed by atoms with van der Waals surface area (Å²) in [6, 6.07) is 6.27. The van der Waals surface area contributed by atoms with Crippen LogP contribution in [-0.2, 0) is 21.2 Å². The summed E-state index contributed by atoms with van der Waals surface area (Å²) in [5.41, 5.74) is 0.770. The molecule has 2 rings (SSSR count). The Bertz CT molecular complexity index is 665. The molecule has 1 fully saturated rings. The molecule has 6 nitrogen and oxygen atoms in total. The van der Waals surface area contributed by atoms with Gasteiger partial charge in [-0.3, -0.25) is 4.79 Å². The number of carbonyl (C=O) groups excluding carboxylic acids is 1. The Balaban J connectivity index is 1.85. The van der Waals surface area contributed by atoms with Crippen molar-refractivity contribution in [2.45, 2.75) is 50.5 Å². The predicted molar refractivity (Wildman–Crippen MR) is 98.6 cm³/mol. The zero-order chi connectivity index (χ0) is 18.4. The Morgan fingerprint density at radius 2 is 1.88 bits per heavy atom. The number of nitrogens with one attached hydrogen (secondary N) is 1. The number of piperidine rings is 1. The number of nitrogens with zero attached hydrogens (tertiary/aromatic N) is 1. The molecular formula is C18H29N3O3S. The zero-order valence-electron chi connectivity index (χ0n) is 15.1. The molecule has 0 bridgehead atoms. The molecular weight excluding hydrogens is 338 g/mol. The first kappa shape index (κ1) is 19.9. The van der Waals surface area contributed by atoms with Crippen LogP contribution in [0.15, 0.2) is 29.2 Å². The highest BCUT2D eigenvalue weighted by atomic mass is 32.2. The number of hydrogen-bond donors (Lipinski definition) is 2. The fraction of sp³-hybridized carbons (Fsp3) is 0.611. The minimum absolute atomic E-state index is 0.0411. The zero-order valence-corrected chi connectivity index (χ0v) is 15.9. The quantitative estimate of drug-likeness (QED) is 0.764. The summed E-state index contributed by atoms with van der Waals surface area (Å²) in [7, 11) is -3.70. The molecule has 140 valence electrons. The van der Waals surface area contributed by atoms with Crippen LogP contribution in [0.25, 0.3) is 0 Å². The van der Waals surface area contributed by atoms with E-state index >= 15 is 0 Å². The second-order valence-electron chi connectivity index (χ2n) is 7.02. The van der Waals surface area contributed by atoms with Gasteiger partial charge < -0.3 is 10.2 Å². The highest BCUT2D eigenvalue weighted by Gasteiger charge is 2.20. The standard InChI is InChI=1S/C18H29N3O3S/c1-3-16(13-21-10-8-14(2)9-11-21)20-18(22)12-15-4-6-17(7-5-15)25(19,23)24/h4-7,14,16H,3,8-13H2,1-2H3,(H,20,22)(H2,19,23,24)/t16-/m1/s1. The topological polar surface area (TPSA) is 92.5 Å². The van der Waals surface area contributed by atoms with Crippen LogP contribution in [0, 0.1) is 5.92 Å². The highest BCUT2D eigenvalue weighted by molar-refractivity contribution is 7.89. The third kappa shape index (κ3) is 6.41. The summed E-state index contributed by atoms with van der Waals surface area (Å²) in [5, 5.41) is 8.17. The van der Waals surface area contributed by atoms with Crippen LogP contribution in [0.3, 0.4) is 0 Å². The number of hydrogen-bond acceptors (Lipinski definition) is 4. The molecule has 25 heavy (non-hydrogen) atoms. The first-order valence-electron chi connectivity index (χ1n) is 8.91. The van der Waals surface area contributed by atoms with Crippen LogP contribution in [0.2, 0.25) is 0 Å². The van der Waals surface area contributed by atoms with Crippen LogP contribution in [0.1, 0.15) is 38.7 Å². The van der Waals surface area contributed by atoms with Gasteiger partial charge in [0.05, 0.1) is 11.3 Å². The number of amides is 1. The van der Waals surface area contributed by atoms with Crippen molar-refractivity contribution in [1.82, 2.24) is 10.2 Å². The molecule has 0 aliphatic carbocycles. The van der Waals surface area contributed by atoms with Gasteiger partial charge in [0.1, 0.15) is 0 Å². The Kier molecular flexibility index (Phi) is 6.98. The maximum atomic E-state index is 12.3. The summed E-state index contributed by atoms with van der Waals surface area (Å²) < 4.78 is 22.5. The third-order valence-electron chi connectivity index (χ3n) is 4.83. The molecule has 3 N–H and O–H groups in total. The van der Waals surface area contributed by atoms with E-state index in [1.807, 2.05) is 0 Å². The van der Waals surface area contributed by atoms with Crippen molar-refractivity contribution in [2.75, 3.05) is 19.6 Å². The van der Waals surface area contributed by atoms with Gasteiger partial charge in [0, 0.05) is 12.6 Å². The van der Waals surface area contributed by atoms with Crippen LogP contribution in [-0.4, -0.2) is 44.9 Å². The van der Waals surface area contributed by atoms with Crippen molar-refractivity contribution in [3.05, 3.63) is 29.8 Å². The van der Waals surface area contributed by atoms with Gasteiger partial charge in [-0.15, -0.1) is 0 Å². The molecule has 1 aromatic carbocycles. The molecule has 0 saturated carbocycles. The Hall–Kier alpha value is -1.44. The van der Waals surface area contributed by atoms with E-state index in [2.05, 4.69) is 24.1 Å². The van der Waals surface area contributed by atoms with E-state index in [1.54, 1.807) is 12.1 Å². The lowest BCUT2D eigenvalue weighted by molar-refractivity contribution is -0.121. The summed E-state index contributed by atoms with van der Waals surface area (Å²) in [6.45, 7) is 7.46. The second-order valence-corrected chi connectivity index (χ2v) is 8.58. The third-order valence-corrected chi connectivity index (χ3v) is 5.76. The minimum atomic E-state index is -3.70. The molecule has 7 heteroatoms. The molecule has 0 aromatic heterocycles. The molecule has 1 amide bonds. The van der Waals surface area contributed by atoms with Crippen molar-refractivity contribution >= 4 is 15.9 Å². The summed E-state index contributed by atoms with van der Waals surface area (Å²) in [4.78, 5) is 14.8. The maximum Gasteiger partial charge on any atom is 0.238 e. The van der Waals surface area contributed by atoms with Gasteiger partial charge in [0.15, 0.2) is 0 Å². The van der Waals surface area contributed by atoms with Crippen LogP contribution in [0.4, 0.5) is 0 Å². The van der Waals surface area contributed by atoms with E-state index in [4.69, 9.17) is 5.14 Å². The Morgan fingerprint density at radius 1 is 1.28 bits per heavy atom. The number of primary sulfonamides is 1. The molecule has 1 saturated heterocycles. The van der Waals surface area contributed by atoms with Gasteiger partial charge in [0.2, 0.25) is 15.9 Å². The lowest BCUT2D eigenvalue weighted by Gasteiger charge is -2.33. The molecule has 1 atom stereocenters. The molecule has 1 aliphatic heterocycles. The van der Waals surface area contributed by atoms with E-state index in [1.165, 1.54) is 25.0 Å². The van der Waals surface area contributed by atoms with Gasteiger partial charge >= 0.3 is 0 Å². The van der Waals surface area contributed by atoms with Gasteiger partial charge in [-0.1, -0.05) is 26.0 Å². The van der Waals surface area contributed by atoms with Crippen molar-refractivity contribution < 1.29 is 13.2 Å². The number of carbonyl (C=O) groups is 1. The summed E-state index contributed by atoms with van der Waals surface area (Å²) >= 11 is 0. The van der Waals surface area contributed by atoms with Crippen molar-refractivity contribution in [3.63, 3.8) is 0 Å². The van der Waals surface area contributed by atoms with Gasteiger partial charge in [0.25, 0.3) is 0 Å². The van der Waals surface area contributed by atoms with Gasteiger partial charge in [-0.2, -0.15) is 0 Å².